The van der Waals surface area contributed by atoms with Crippen LogP contribution in [0, 0.1) is 20.8 Å². The zero-order chi connectivity index (χ0) is 22.2. The summed E-state index contributed by atoms with van der Waals surface area (Å²) < 4.78 is 1.58. The molecule has 0 spiro atoms. The average Bonchev–Trinajstić information content (AvgIpc) is 3.31. The fourth-order valence-electron chi connectivity index (χ4n) is 4.03. The summed E-state index contributed by atoms with van der Waals surface area (Å²) in [5.41, 5.74) is 3.85. The fraction of sp³-hybridized carbons (Fsp3) is 0.364. The fourth-order valence-corrected chi connectivity index (χ4v) is 6.15. The van der Waals surface area contributed by atoms with Crippen LogP contribution in [0.1, 0.15) is 40.4 Å². The average molecular weight is 466 g/mol. The van der Waals surface area contributed by atoms with E-state index >= 15 is 0 Å². The molecule has 0 saturated carbocycles. The minimum absolute atomic E-state index is 0.128. The Kier molecular flexibility index (Phi) is 5.64. The molecule has 0 saturated heterocycles. The zero-order valence-electron chi connectivity index (χ0n) is 18.2. The number of aromatic nitrogens is 6. The van der Waals surface area contributed by atoms with Crippen molar-refractivity contribution in [1.29, 1.82) is 0 Å². The third kappa shape index (κ3) is 4.12. The number of aryl methyl sites for hydroxylation is 5. The Morgan fingerprint density at radius 3 is 2.69 bits per heavy atom. The maximum absolute atomic E-state index is 12.8. The lowest BCUT2D eigenvalue weighted by atomic mass is 9.97. The first-order valence-electron chi connectivity index (χ1n) is 10.5. The second-order valence-corrected chi connectivity index (χ2v) is 9.99. The third-order valence-corrected chi connectivity index (χ3v) is 7.50. The molecule has 32 heavy (non-hydrogen) atoms. The van der Waals surface area contributed by atoms with Crippen LogP contribution in [0.2, 0.25) is 0 Å². The molecule has 0 aromatic carbocycles. The smallest absolute Gasteiger partial charge is 0.252 e. The van der Waals surface area contributed by atoms with Gasteiger partial charge in [0.1, 0.15) is 22.0 Å². The number of rotatable bonds is 5. The first-order valence-corrected chi connectivity index (χ1v) is 12.4. The first-order chi connectivity index (χ1) is 15.5. The van der Waals surface area contributed by atoms with Crippen molar-refractivity contribution in [3.8, 4) is 5.95 Å². The Bertz CT molecular complexity index is 1310. The number of thiophene rings is 1. The molecule has 0 unspecified atom stereocenters. The second-order valence-electron chi connectivity index (χ2n) is 7.94. The van der Waals surface area contributed by atoms with Gasteiger partial charge in [-0.3, -0.25) is 4.79 Å². The summed E-state index contributed by atoms with van der Waals surface area (Å²) in [6, 6.07) is 3.72. The van der Waals surface area contributed by atoms with Gasteiger partial charge in [0.15, 0.2) is 0 Å². The molecule has 0 fully saturated rings. The predicted molar refractivity (Wildman–Crippen MR) is 127 cm³/mol. The number of fused-ring (bicyclic) bond motifs is 3. The van der Waals surface area contributed by atoms with Crippen LogP contribution in [0.25, 0.3) is 16.2 Å². The Morgan fingerprint density at radius 1 is 1.09 bits per heavy atom. The van der Waals surface area contributed by atoms with Gasteiger partial charge >= 0.3 is 0 Å². The van der Waals surface area contributed by atoms with E-state index in [-0.39, 0.29) is 11.7 Å². The Labute approximate surface area is 193 Å². The number of thioether (sulfide) groups is 1. The summed E-state index contributed by atoms with van der Waals surface area (Å²) in [5, 5.41) is 9.45. The number of hydrogen-bond acceptors (Lipinski definition) is 8. The molecule has 10 heteroatoms. The zero-order valence-corrected chi connectivity index (χ0v) is 19.8. The molecular formula is C22H23N7OS2. The number of hydrogen-bond donors (Lipinski definition) is 1. The van der Waals surface area contributed by atoms with Crippen LogP contribution >= 0.6 is 23.1 Å². The maximum atomic E-state index is 12.8. The van der Waals surface area contributed by atoms with E-state index in [2.05, 4.69) is 30.4 Å². The molecule has 0 atom stereocenters. The Balaban J connectivity index is 1.35. The second kappa shape index (κ2) is 8.59. The SMILES string of the molecule is Cc1cc(C)nc(-n2nc(C)cc2NC(=O)CSc2ncnc3sc4c(c23)CCCC4)n1. The van der Waals surface area contributed by atoms with E-state index in [1.807, 2.05) is 32.9 Å². The molecule has 0 radical (unpaired) electrons. The number of amides is 1. The minimum Gasteiger partial charge on any atom is -0.310 e. The highest BCUT2D eigenvalue weighted by molar-refractivity contribution is 8.00. The highest BCUT2D eigenvalue weighted by Crippen LogP contribution is 2.39. The van der Waals surface area contributed by atoms with Gasteiger partial charge in [-0.15, -0.1) is 11.3 Å². The standard InChI is InChI=1S/C22H23N7OS2/c1-12-8-13(2)26-22(25-12)29-17(9-14(3)28-29)27-18(30)10-31-20-19-15-6-4-5-7-16(15)32-21(19)24-11-23-20/h8-9,11H,4-7,10H2,1-3H3,(H,27,30). The summed E-state index contributed by atoms with van der Waals surface area (Å²) in [4.78, 5) is 33.2. The van der Waals surface area contributed by atoms with Gasteiger partial charge in [-0.25, -0.2) is 19.9 Å². The van der Waals surface area contributed by atoms with Gasteiger partial charge in [-0.2, -0.15) is 9.78 Å². The number of anilines is 1. The van der Waals surface area contributed by atoms with Crippen LogP contribution in [0.5, 0.6) is 0 Å². The molecule has 164 valence electrons. The van der Waals surface area contributed by atoms with Gasteiger partial charge in [0, 0.05) is 27.7 Å². The number of nitrogens with one attached hydrogen (secondary N) is 1. The number of nitrogens with zero attached hydrogens (tertiary/aromatic N) is 6. The van der Waals surface area contributed by atoms with Crippen LogP contribution < -0.4 is 5.32 Å². The molecule has 1 N–H and O–H groups in total. The molecule has 4 aromatic rings. The molecular weight excluding hydrogens is 442 g/mol. The summed E-state index contributed by atoms with van der Waals surface area (Å²) in [7, 11) is 0. The van der Waals surface area contributed by atoms with E-state index in [0.717, 1.165) is 45.2 Å². The van der Waals surface area contributed by atoms with Crippen LogP contribution in [0.4, 0.5) is 5.82 Å². The Hall–Kier alpha value is -2.85. The normalized spacial score (nSPS) is 13.3. The van der Waals surface area contributed by atoms with E-state index in [9.17, 15) is 4.79 Å². The van der Waals surface area contributed by atoms with Gasteiger partial charge < -0.3 is 5.32 Å². The highest BCUT2D eigenvalue weighted by atomic mass is 32.2. The minimum atomic E-state index is -0.128. The summed E-state index contributed by atoms with van der Waals surface area (Å²) >= 11 is 3.22. The van der Waals surface area contributed by atoms with Gasteiger partial charge in [0.2, 0.25) is 5.91 Å². The van der Waals surface area contributed by atoms with Gasteiger partial charge in [0.05, 0.1) is 11.4 Å². The molecule has 0 aliphatic heterocycles. The lowest BCUT2D eigenvalue weighted by Gasteiger charge is -2.11. The van der Waals surface area contributed by atoms with Crippen molar-refractivity contribution in [2.75, 3.05) is 11.1 Å². The molecule has 1 amide bonds. The van der Waals surface area contributed by atoms with Crippen LogP contribution in [0.15, 0.2) is 23.5 Å². The van der Waals surface area contributed by atoms with E-state index < -0.39 is 0 Å². The van der Waals surface area contributed by atoms with Crippen molar-refractivity contribution in [3.63, 3.8) is 0 Å². The summed E-state index contributed by atoms with van der Waals surface area (Å²) in [6.07, 6.45) is 6.21. The Morgan fingerprint density at radius 2 is 1.88 bits per heavy atom. The predicted octanol–water partition coefficient (Wildman–Crippen LogP) is 4.20. The quantitative estimate of drug-likeness (QED) is 0.348. The molecule has 8 nitrogen and oxygen atoms in total. The largest absolute Gasteiger partial charge is 0.310 e. The first kappa shape index (κ1) is 21.0. The highest BCUT2D eigenvalue weighted by Gasteiger charge is 2.21. The molecule has 4 aromatic heterocycles. The van der Waals surface area contributed by atoms with Crippen LogP contribution in [-0.2, 0) is 17.6 Å². The van der Waals surface area contributed by atoms with Crippen LogP contribution in [-0.4, -0.2) is 41.4 Å². The van der Waals surface area contributed by atoms with Gasteiger partial charge in [-0.1, -0.05) is 11.8 Å². The van der Waals surface area contributed by atoms with Crippen molar-refractivity contribution >= 4 is 45.0 Å². The van der Waals surface area contributed by atoms with Gasteiger partial charge in [-0.05, 0) is 58.1 Å². The number of carbonyl (C=O) groups excluding carboxylic acids is 1. The maximum Gasteiger partial charge on any atom is 0.252 e. The van der Waals surface area contributed by atoms with E-state index in [0.29, 0.717) is 11.8 Å². The van der Waals surface area contributed by atoms with Crippen molar-refractivity contribution in [2.24, 2.45) is 0 Å². The van der Waals surface area contributed by atoms with Crippen molar-refractivity contribution in [1.82, 2.24) is 29.7 Å². The topological polar surface area (TPSA) is 98.5 Å². The summed E-state index contributed by atoms with van der Waals surface area (Å²) in [5.74, 6) is 1.12. The molecule has 0 bridgehead atoms. The lowest BCUT2D eigenvalue weighted by Crippen LogP contribution is -2.18. The van der Waals surface area contributed by atoms with Gasteiger partial charge in [0.25, 0.3) is 5.95 Å². The molecule has 1 aliphatic rings. The molecule has 5 rings (SSSR count). The number of carbonyl (C=O) groups is 1. The summed E-state index contributed by atoms with van der Waals surface area (Å²) in [6.45, 7) is 5.70. The third-order valence-electron chi connectivity index (χ3n) is 5.32. The van der Waals surface area contributed by atoms with Crippen molar-refractivity contribution in [3.05, 3.63) is 46.0 Å². The van der Waals surface area contributed by atoms with Crippen LogP contribution in [0.3, 0.4) is 0 Å². The van der Waals surface area contributed by atoms with Crippen molar-refractivity contribution < 1.29 is 4.79 Å². The molecule has 4 heterocycles. The van der Waals surface area contributed by atoms with E-state index in [1.165, 1.54) is 35.0 Å². The van der Waals surface area contributed by atoms with E-state index in [4.69, 9.17) is 0 Å². The van der Waals surface area contributed by atoms with E-state index in [1.54, 1.807) is 22.3 Å². The lowest BCUT2D eigenvalue weighted by molar-refractivity contribution is -0.113. The monoisotopic (exact) mass is 465 g/mol. The molecule has 1 aliphatic carbocycles. The van der Waals surface area contributed by atoms with Crippen molar-refractivity contribution in [2.45, 2.75) is 51.5 Å².